The molecule has 0 aliphatic carbocycles. The number of carbonyl (C=O) groups excluding carboxylic acids is 1. The fraction of sp³-hybridized carbons (Fsp3) is 0.333. The lowest BCUT2D eigenvalue weighted by molar-refractivity contribution is -0.128. The lowest BCUT2D eigenvalue weighted by atomic mass is 10.1. The molecule has 1 amide bonds. The van der Waals surface area contributed by atoms with Gasteiger partial charge in [0.15, 0.2) is 6.10 Å². The molecule has 0 saturated carbocycles. The maximum Gasteiger partial charge on any atom is 0.402 e. The van der Waals surface area contributed by atoms with Gasteiger partial charge in [0.25, 0.3) is 5.91 Å². The maximum atomic E-state index is 12.2. The van der Waals surface area contributed by atoms with Crippen molar-refractivity contribution in [2.24, 2.45) is 0 Å². The van der Waals surface area contributed by atoms with Crippen LogP contribution in [-0.2, 0) is 17.9 Å². The van der Waals surface area contributed by atoms with Crippen LogP contribution in [0.5, 0.6) is 5.88 Å². The third-order valence-electron chi connectivity index (χ3n) is 3.63. The Bertz CT molecular complexity index is 820. The molecule has 3 N–H and O–H groups in total. The van der Waals surface area contributed by atoms with Gasteiger partial charge in [-0.3, -0.25) is 10.2 Å². The number of nitrogens with one attached hydrogen (secondary N) is 3. The summed E-state index contributed by atoms with van der Waals surface area (Å²) < 4.78 is 41.6. The summed E-state index contributed by atoms with van der Waals surface area (Å²) in [5, 5.41) is 3.28. The van der Waals surface area contributed by atoms with Gasteiger partial charge in [0.2, 0.25) is 5.88 Å². The molecule has 0 aliphatic rings. The number of aromatic nitrogens is 1. The zero-order chi connectivity index (χ0) is 21.4. The first kappa shape index (κ1) is 23.2. The molecule has 0 fully saturated rings. The summed E-state index contributed by atoms with van der Waals surface area (Å²) in [6.45, 7) is 0.926. The Balaban J connectivity index is 1.76. The summed E-state index contributed by atoms with van der Waals surface area (Å²) in [5.74, 6) is -0.255. The van der Waals surface area contributed by atoms with Crippen molar-refractivity contribution in [3.63, 3.8) is 0 Å². The minimum Gasteiger partial charge on any atom is -0.463 e. The Morgan fingerprint density at radius 1 is 1.14 bits per heavy atom. The van der Waals surface area contributed by atoms with Crippen LogP contribution in [0.2, 0.25) is 10.0 Å². The minimum atomic E-state index is -4.27. The highest BCUT2D eigenvalue weighted by Crippen LogP contribution is 2.25. The molecular weight excluding hydrogens is 432 g/mol. The zero-order valence-corrected chi connectivity index (χ0v) is 16.8. The van der Waals surface area contributed by atoms with Crippen molar-refractivity contribution in [3.8, 4) is 5.88 Å². The van der Waals surface area contributed by atoms with Gasteiger partial charge in [-0.1, -0.05) is 47.5 Å². The van der Waals surface area contributed by atoms with Crippen molar-refractivity contribution >= 4 is 29.1 Å². The van der Waals surface area contributed by atoms with E-state index in [4.69, 9.17) is 27.9 Å². The molecule has 1 atom stereocenters. The first-order valence-electron chi connectivity index (χ1n) is 8.50. The molecule has 2 aromatic rings. The molecule has 1 aromatic carbocycles. The summed E-state index contributed by atoms with van der Waals surface area (Å²) in [5.41, 5.74) is 6.20. The molecule has 1 aromatic heterocycles. The number of hydrazine groups is 1. The SMILES string of the molecule is CC(Oc1ncc(Cl)cc1Cl)C(=O)NCc1ccc(CNNCC(F)(F)F)cc1. The predicted molar refractivity (Wildman–Crippen MR) is 104 cm³/mol. The predicted octanol–water partition coefficient (Wildman–Crippen LogP) is 3.63. The molecule has 158 valence electrons. The Hall–Kier alpha value is -2.07. The average Bonchev–Trinajstić information content (AvgIpc) is 2.65. The highest BCUT2D eigenvalue weighted by Gasteiger charge is 2.26. The summed E-state index contributed by atoms with van der Waals surface area (Å²) >= 11 is 11.7. The monoisotopic (exact) mass is 450 g/mol. The summed E-state index contributed by atoms with van der Waals surface area (Å²) in [6, 6.07) is 8.50. The van der Waals surface area contributed by atoms with Crippen molar-refractivity contribution < 1.29 is 22.7 Å². The quantitative estimate of drug-likeness (QED) is 0.401. The smallest absolute Gasteiger partial charge is 0.402 e. The molecule has 0 aliphatic heterocycles. The van der Waals surface area contributed by atoms with Crippen LogP contribution >= 0.6 is 23.2 Å². The molecule has 1 unspecified atom stereocenters. The van der Waals surface area contributed by atoms with Crippen LogP contribution in [-0.4, -0.2) is 29.7 Å². The lowest BCUT2D eigenvalue weighted by Gasteiger charge is -2.15. The lowest BCUT2D eigenvalue weighted by Crippen LogP contribution is -2.38. The zero-order valence-electron chi connectivity index (χ0n) is 15.3. The molecule has 11 heteroatoms. The van der Waals surface area contributed by atoms with Crippen LogP contribution in [0.1, 0.15) is 18.1 Å². The number of halogens is 5. The van der Waals surface area contributed by atoms with E-state index in [1.807, 2.05) is 0 Å². The Morgan fingerprint density at radius 2 is 1.76 bits per heavy atom. The second kappa shape index (κ2) is 10.6. The average molecular weight is 451 g/mol. The highest BCUT2D eigenvalue weighted by atomic mass is 35.5. The molecule has 0 spiro atoms. The maximum absolute atomic E-state index is 12.2. The summed E-state index contributed by atoms with van der Waals surface area (Å²) in [6.07, 6.45) is -3.74. The molecule has 0 radical (unpaired) electrons. The van der Waals surface area contributed by atoms with Gasteiger partial charge in [-0.25, -0.2) is 10.4 Å². The number of rotatable bonds is 9. The largest absolute Gasteiger partial charge is 0.463 e. The van der Waals surface area contributed by atoms with E-state index in [9.17, 15) is 18.0 Å². The third-order valence-corrected chi connectivity index (χ3v) is 4.11. The molecule has 0 saturated heterocycles. The molecule has 29 heavy (non-hydrogen) atoms. The number of pyridine rings is 1. The van der Waals surface area contributed by atoms with Gasteiger partial charge >= 0.3 is 6.18 Å². The topological polar surface area (TPSA) is 75.3 Å². The van der Waals surface area contributed by atoms with Crippen LogP contribution in [0.4, 0.5) is 13.2 Å². The summed E-state index contributed by atoms with van der Waals surface area (Å²) in [4.78, 5) is 16.1. The van der Waals surface area contributed by atoms with Crippen LogP contribution in [0, 0.1) is 0 Å². The van der Waals surface area contributed by atoms with Gasteiger partial charge in [0, 0.05) is 19.3 Å². The number of hydrogen-bond acceptors (Lipinski definition) is 5. The fourth-order valence-electron chi connectivity index (χ4n) is 2.14. The number of alkyl halides is 3. The molecular formula is C18H19Cl2F3N4O2. The van der Waals surface area contributed by atoms with Crippen LogP contribution in [0.3, 0.4) is 0 Å². The molecule has 6 nitrogen and oxygen atoms in total. The van der Waals surface area contributed by atoms with E-state index in [-0.39, 0.29) is 29.9 Å². The fourth-order valence-corrected chi connectivity index (χ4v) is 2.57. The minimum absolute atomic E-state index is 0.106. The number of hydrogen-bond donors (Lipinski definition) is 3. The number of benzene rings is 1. The van der Waals surface area contributed by atoms with Crippen molar-refractivity contribution in [2.45, 2.75) is 32.3 Å². The van der Waals surface area contributed by atoms with E-state index in [1.165, 1.54) is 12.3 Å². The van der Waals surface area contributed by atoms with E-state index in [0.29, 0.717) is 5.02 Å². The molecule has 0 bridgehead atoms. The van der Waals surface area contributed by atoms with E-state index < -0.39 is 18.8 Å². The third kappa shape index (κ3) is 8.45. The molecule has 2 rings (SSSR count). The Kier molecular flexibility index (Phi) is 8.51. The second-order valence-corrected chi connectivity index (χ2v) is 6.90. The molecule has 1 heterocycles. The standard InChI is InChI=1S/C18H19Cl2F3N4O2/c1-11(29-17-15(20)6-14(19)9-25-17)16(28)24-7-12-2-4-13(5-3-12)8-26-27-10-18(21,22)23/h2-6,9,11,26-27H,7-8,10H2,1H3,(H,24,28). The van der Waals surface area contributed by atoms with Gasteiger partial charge in [0.1, 0.15) is 11.6 Å². The first-order chi connectivity index (χ1) is 13.6. The van der Waals surface area contributed by atoms with E-state index in [1.54, 1.807) is 31.2 Å². The summed E-state index contributed by atoms with van der Waals surface area (Å²) in [7, 11) is 0. The highest BCUT2D eigenvalue weighted by molar-refractivity contribution is 6.35. The van der Waals surface area contributed by atoms with E-state index in [0.717, 1.165) is 11.1 Å². The normalized spacial score (nSPS) is 12.5. The number of ether oxygens (including phenoxy) is 1. The number of carbonyl (C=O) groups is 1. The first-order valence-corrected chi connectivity index (χ1v) is 9.25. The Morgan fingerprint density at radius 3 is 2.34 bits per heavy atom. The van der Waals surface area contributed by atoms with E-state index in [2.05, 4.69) is 21.2 Å². The van der Waals surface area contributed by atoms with Crippen molar-refractivity contribution in [1.82, 2.24) is 21.2 Å². The van der Waals surface area contributed by atoms with Crippen molar-refractivity contribution in [3.05, 3.63) is 57.7 Å². The van der Waals surface area contributed by atoms with Gasteiger partial charge in [0.05, 0.1) is 5.02 Å². The van der Waals surface area contributed by atoms with Gasteiger partial charge in [-0.05, 0) is 24.1 Å². The van der Waals surface area contributed by atoms with Crippen LogP contribution < -0.4 is 20.9 Å². The van der Waals surface area contributed by atoms with Crippen molar-refractivity contribution in [2.75, 3.05) is 6.54 Å². The van der Waals surface area contributed by atoms with Crippen molar-refractivity contribution in [1.29, 1.82) is 0 Å². The van der Waals surface area contributed by atoms with Crippen LogP contribution in [0.25, 0.3) is 0 Å². The van der Waals surface area contributed by atoms with Gasteiger partial charge < -0.3 is 10.1 Å². The van der Waals surface area contributed by atoms with E-state index >= 15 is 0 Å². The van der Waals surface area contributed by atoms with Crippen LogP contribution in [0.15, 0.2) is 36.5 Å². The Labute approximate surface area is 175 Å². The number of amides is 1. The second-order valence-electron chi connectivity index (χ2n) is 6.06. The van der Waals surface area contributed by atoms with Gasteiger partial charge in [-0.2, -0.15) is 13.2 Å². The number of nitrogens with zero attached hydrogens (tertiary/aromatic N) is 1. The van der Waals surface area contributed by atoms with Gasteiger partial charge in [-0.15, -0.1) is 0 Å².